The highest BCUT2D eigenvalue weighted by Gasteiger charge is 2.13. The molecule has 0 spiro atoms. The van der Waals surface area contributed by atoms with Crippen molar-refractivity contribution in [2.45, 2.75) is 4.90 Å². The van der Waals surface area contributed by atoms with E-state index in [1.165, 1.54) is 10.3 Å². The molecule has 5 aromatic rings. The average molecular weight is 453 g/mol. The van der Waals surface area contributed by atoms with E-state index in [1.807, 2.05) is 60.7 Å². The minimum atomic E-state index is -0.119. The van der Waals surface area contributed by atoms with E-state index in [0.29, 0.717) is 12.3 Å². The Balaban J connectivity index is 1.17. The molecular weight excluding hydrogens is 428 g/mol. The van der Waals surface area contributed by atoms with Gasteiger partial charge in [-0.2, -0.15) is 0 Å². The maximum absolute atomic E-state index is 12.3. The van der Waals surface area contributed by atoms with Crippen molar-refractivity contribution < 1.29 is 9.53 Å². The molecular formula is C28H24N2O2S. The fraction of sp³-hybridized carbons (Fsp3) is 0.107. The normalized spacial score (nSPS) is 11.0. The number of benzene rings is 4. The number of rotatable bonds is 8. The highest BCUT2D eigenvalue weighted by molar-refractivity contribution is 7.99. The lowest BCUT2D eigenvalue weighted by molar-refractivity contribution is -0.122. The molecule has 0 fully saturated rings. The molecule has 0 radical (unpaired) electrons. The lowest BCUT2D eigenvalue weighted by Gasteiger charge is -2.09. The Labute approximate surface area is 197 Å². The largest absolute Gasteiger partial charge is 0.484 e. The fourth-order valence-corrected chi connectivity index (χ4v) is 4.93. The number of carbonyl (C=O) groups is 1. The van der Waals surface area contributed by atoms with Gasteiger partial charge in [-0.3, -0.25) is 4.79 Å². The highest BCUT2D eigenvalue weighted by atomic mass is 32.2. The molecule has 0 aliphatic rings. The minimum absolute atomic E-state index is 0.00532. The quantitative estimate of drug-likeness (QED) is 0.215. The first-order valence-corrected chi connectivity index (χ1v) is 11.9. The van der Waals surface area contributed by atoms with Gasteiger partial charge in [0, 0.05) is 28.1 Å². The highest BCUT2D eigenvalue weighted by Crippen LogP contribution is 2.37. The van der Waals surface area contributed by atoms with E-state index in [0.717, 1.165) is 33.3 Å². The van der Waals surface area contributed by atoms with Crippen molar-refractivity contribution in [2.75, 3.05) is 18.9 Å². The number of amides is 1. The number of aromatic amines is 1. The summed E-state index contributed by atoms with van der Waals surface area (Å²) in [6.07, 6.45) is 0. The standard InChI is InChI=1S/C28H24N2O2S/c31-26(19-32-23-15-14-20-8-4-5-11-22(20)18-23)29-16-17-33-28-24-12-6-7-13-25(24)30-27(28)21-9-2-1-3-10-21/h1-15,18,30H,16-17,19H2,(H,29,31). The Morgan fingerprint density at radius 1 is 0.848 bits per heavy atom. The molecule has 5 rings (SSSR count). The topological polar surface area (TPSA) is 54.1 Å². The van der Waals surface area contributed by atoms with Gasteiger partial charge in [-0.05, 0) is 34.5 Å². The van der Waals surface area contributed by atoms with Crippen LogP contribution in [0, 0.1) is 0 Å². The van der Waals surface area contributed by atoms with Crippen molar-refractivity contribution in [1.82, 2.24) is 10.3 Å². The zero-order valence-corrected chi connectivity index (χ0v) is 18.9. The van der Waals surface area contributed by atoms with Gasteiger partial charge in [-0.25, -0.2) is 0 Å². The third-order valence-corrected chi connectivity index (χ3v) is 6.60. The first-order chi connectivity index (χ1) is 16.3. The molecule has 2 N–H and O–H groups in total. The number of hydrogen-bond acceptors (Lipinski definition) is 3. The Kier molecular flexibility index (Phi) is 6.31. The lowest BCUT2D eigenvalue weighted by atomic mass is 10.1. The third kappa shape index (κ3) is 4.89. The van der Waals surface area contributed by atoms with Crippen LogP contribution >= 0.6 is 11.8 Å². The molecule has 0 aliphatic carbocycles. The Morgan fingerprint density at radius 2 is 1.61 bits per heavy atom. The van der Waals surface area contributed by atoms with E-state index in [2.05, 4.69) is 46.7 Å². The SMILES string of the molecule is O=C(COc1ccc2ccccc2c1)NCCSc1c(-c2ccccc2)[nH]c2ccccc12. The summed E-state index contributed by atoms with van der Waals surface area (Å²) in [6.45, 7) is 0.573. The van der Waals surface area contributed by atoms with Crippen molar-refractivity contribution in [1.29, 1.82) is 0 Å². The number of fused-ring (bicyclic) bond motifs is 2. The predicted octanol–water partition coefficient (Wildman–Crippen LogP) is 6.28. The van der Waals surface area contributed by atoms with E-state index in [-0.39, 0.29) is 12.5 Å². The maximum atomic E-state index is 12.3. The van der Waals surface area contributed by atoms with Crippen molar-refractivity contribution >= 4 is 39.3 Å². The van der Waals surface area contributed by atoms with Crippen molar-refractivity contribution in [3.63, 3.8) is 0 Å². The van der Waals surface area contributed by atoms with Gasteiger partial charge >= 0.3 is 0 Å². The summed E-state index contributed by atoms with van der Waals surface area (Å²) in [5.41, 5.74) is 3.39. The summed E-state index contributed by atoms with van der Waals surface area (Å²) < 4.78 is 5.69. The van der Waals surface area contributed by atoms with Crippen LogP contribution in [0.3, 0.4) is 0 Å². The van der Waals surface area contributed by atoms with Gasteiger partial charge < -0.3 is 15.0 Å². The predicted molar refractivity (Wildman–Crippen MR) is 137 cm³/mol. The number of hydrogen-bond donors (Lipinski definition) is 2. The van der Waals surface area contributed by atoms with Crippen LogP contribution in [0.2, 0.25) is 0 Å². The molecule has 0 atom stereocenters. The molecule has 164 valence electrons. The number of nitrogens with one attached hydrogen (secondary N) is 2. The van der Waals surface area contributed by atoms with Gasteiger partial charge in [0.25, 0.3) is 5.91 Å². The van der Waals surface area contributed by atoms with E-state index < -0.39 is 0 Å². The van der Waals surface area contributed by atoms with Gasteiger partial charge in [0.1, 0.15) is 5.75 Å². The Bertz CT molecular complexity index is 1400. The van der Waals surface area contributed by atoms with Gasteiger partial charge in [0.15, 0.2) is 6.61 Å². The number of para-hydroxylation sites is 1. The number of aromatic nitrogens is 1. The third-order valence-electron chi connectivity index (χ3n) is 5.48. The number of H-pyrrole nitrogens is 1. The summed E-state index contributed by atoms with van der Waals surface area (Å²) in [5, 5.41) is 6.41. The van der Waals surface area contributed by atoms with Crippen molar-refractivity contribution in [3.05, 3.63) is 97.1 Å². The monoisotopic (exact) mass is 452 g/mol. The van der Waals surface area contributed by atoms with Gasteiger partial charge in [0.2, 0.25) is 0 Å². The zero-order chi connectivity index (χ0) is 22.5. The molecule has 1 aromatic heterocycles. The summed E-state index contributed by atoms with van der Waals surface area (Å²) in [4.78, 5) is 17.1. The smallest absolute Gasteiger partial charge is 0.257 e. The van der Waals surface area contributed by atoms with Crippen LogP contribution in [0.5, 0.6) is 5.75 Å². The second-order valence-corrected chi connectivity index (χ2v) is 8.84. The molecule has 1 amide bonds. The van der Waals surface area contributed by atoms with Crippen LogP contribution in [-0.2, 0) is 4.79 Å². The first-order valence-electron chi connectivity index (χ1n) is 11.0. The average Bonchev–Trinajstić information content (AvgIpc) is 3.24. The zero-order valence-electron chi connectivity index (χ0n) is 18.1. The van der Waals surface area contributed by atoms with Crippen LogP contribution < -0.4 is 10.1 Å². The number of ether oxygens (including phenoxy) is 1. The van der Waals surface area contributed by atoms with Crippen molar-refractivity contribution in [2.24, 2.45) is 0 Å². The fourth-order valence-electron chi connectivity index (χ4n) is 3.87. The van der Waals surface area contributed by atoms with E-state index >= 15 is 0 Å². The van der Waals surface area contributed by atoms with Gasteiger partial charge in [0.05, 0.1) is 5.69 Å². The Morgan fingerprint density at radius 3 is 2.48 bits per heavy atom. The minimum Gasteiger partial charge on any atom is -0.484 e. The molecule has 33 heavy (non-hydrogen) atoms. The van der Waals surface area contributed by atoms with Crippen LogP contribution in [0.1, 0.15) is 0 Å². The second-order valence-electron chi connectivity index (χ2n) is 7.74. The van der Waals surface area contributed by atoms with Gasteiger partial charge in [-0.15, -0.1) is 11.8 Å². The van der Waals surface area contributed by atoms with E-state index in [4.69, 9.17) is 4.74 Å². The van der Waals surface area contributed by atoms with E-state index in [1.54, 1.807) is 11.8 Å². The molecule has 0 saturated carbocycles. The van der Waals surface area contributed by atoms with Crippen LogP contribution in [-0.4, -0.2) is 29.8 Å². The lowest BCUT2D eigenvalue weighted by Crippen LogP contribution is -2.30. The Hall–Kier alpha value is -3.70. The van der Waals surface area contributed by atoms with Crippen LogP contribution in [0.4, 0.5) is 0 Å². The molecule has 0 aliphatic heterocycles. The number of thioether (sulfide) groups is 1. The maximum Gasteiger partial charge on any atom is 0.257 e. The molecule has 0 saturated heterocycles. The first kappa shape index (κ1) is 21.2. The summed E-state index contributed by atoms with van der Waals surface area (Å²) >= 11 is 1.75. The summed E-state index contributed by atoms with van der Waals surface area (Å²) in [5.74, 6) is 1.35. The molecule has 0 unspecified atom stereocenters. The molecule has 4 aromatic carbocycles. The van der Waals surface area contributed by atoms with Crippen LogP contribution in [0.15, 0.2) is 102 Å². The van der Waals surface area contributed by atoms with Gasteiger partial charge in [-0.1, -0.05) is 78.9 Å². The molecule has 1 heterocycles. The number of carbonyl (C=O) groups excluding carboxylic acids is 1. The van der Waals surface area contributed by atoms with Crippen LogP contribution in [0.25, 0.3) is 32.9 Å². The summed E-state index contributed by atoms with van der Waals surface area (Å²) in [6, 6.07) is 32.6. The van der Waals surface area contributed by atoms with E-state index in [9.17, 15) is 4.79 Å². The molecule has 4 nitrogen and oxygen atoms in total. The second kappa shape index (κ2) is 9.84. The van der Waals surface area contributed by atoms with Crippen molar-refractivity contribution in [3.8, 4) is 17.0 Å². The molecule has 0 bridgehead atoms. The molecule has 5 heteroatoms. The summed E-state index contributed by atoms with van der Waals surface area (Å²) in [7, 11) is 0.